The lowest BCUT2D eigenvalue weighted by atomic mass is 10.1. The number of hydrogen-bond acceptors (Lipinski definition) is 7. The Hall–Kier alpha value is -1.12. The molecule has 2 aromatic rings. The summed E-state index contributed by atoms with van der Waals surface area (Å²) in [5.74, 6) is -0.173. The number of hydrogen-bond donors (Lipinski definition) is 0. The topological polar surface area (TPSA) is 43.4 Å². The molecule has 3 nitrogen and oxygen atoms in total. The van der Waals surface area contributed by atoms with Crippen molar-refractivity contribution in [2.24, 2.45) is 0 Å². The number of carbonyl (C=O) groups is 2. The standard InChI is InChI=1S/C16H14O3S4/c1-9(2)13(17)11-5-7-20-15(11)22-19-23-16-12(6-8-21-16)14(18)10(3)4/h5-8H,1,3H2,2,4H3. The van der Waals surface area contributed by atoms with Gasteiger partial charge in [-0.05, 0) is 47.9 Å². The summed E-state index contributed by atoms with van der Waals surface area (Å²) in [4.78, 5) is 24.0. The molecule has 0 amide bonds. The minimum atomic E-state index is -0.0865. The summed E-state index contributed by atoms with van der Waals surface area (Å²) in [6.45, 7) is 10.7. The van der Waals surface area contributed by atoms with Gasteiger partial charge in [-0.3, -0.25) is 9.59 Å². The third kappa shape index (κ3) is 4.45. The maximum atomic E-state index is 12.0. The smallest absolute Gasteiger partial charge is 0.190 e. The van der Waals surface area contributed by atoms with E-state index in [1.54, 1.807) is 26.0 Å². The number of ketones is 2. The van der Waals surface area contributed by atoms with Gasteiger partial charge in [0.2, 0.25) is 0 Å². The Labute approximate surface area is 151 Å². The first-order valence-corrected chi connectivity index (χ1v) is 9.72. The van der Waals surface area contributed by atoms with Gasteiger partial charge in [-0.1, -0.05) is 13.2 Å². The van der Waals surface area contributed by atoms with Crippen LogP contribution in [0.1, 0.15) is 34.6 Å². The van der Waals surface area contributed by atoms with Crippen molar-refractivity contribution in [3.63, 3.8) is 0 Å². The second-order valence-corrected chi connectivity index (χ2v) is 8.74. The molecule has 2 rings (SSSR count). The summed E-state index contributed by atoms with van der Waals surface area (Å²) >= 11 is 5.10. The quantitative estimate of drug-likeness (QED) is 0.315. The lowest BCUT2D eigenvalue weighted by Gasteiger charge is -2.03. The third-order valence-electron chi connectivity index (χ3n) is 2.74. The number of Topliss-reactive ketones (excluding diaryl/α,β-unsaturated/α-hetero) is 2. The second kappa shape index (κ2) is 8.12. The highest BCUT2D eigenvalue weighted by molar-refractivity contribution is 8.09. The molecule has 0 N–H and O–H groups in total. The number of thiophene rings is 2. The zero-order valence-corrected chi connectivity index (χ0v) is 15.8. The summed E-state index contributed by atoms with van der Waals surface area (Å²) in [6.07, 6.45) is 0. The SMILES string of the molecule is C=C(C)C(=O)c1ccsc1SOSc1sccc1C(=O)C(=C)C. The minimum absolute atomic E-state index is 0.0865. The average Bonchev–Trinajstić information content (AvgIpc) is 3.14. The van der Waals surface area contributed by atoms with E-state index < -0.39 is 0 Å². The molecular formula is C16H14O3S4. The molecule has 0 aliphatic carbocycles. The zero-order valence-electron chi connectivity index (χ0n) is 12.6. The Morgan fingerprint density at radius 1 is 0.913 bits per heavy atom. The maximum Gasteiger partial charge on any atom is 0.190 e. The van der Waals surface area contributed by atoms with E-state index in [9.17, 15) is 9.59 Å². The highest BCUT2D eigenvalue weighted by Gasteiger charge is 2.17. The average molecular weight is 383 g/mol. The number of rotatable bonds is 8. The van der Waals surface area contributed by atoms with Gasteiger partial charge >= 0.3 is 0 Å². The molecule has 0 bridgehead atoms. The van der Waals surface area contributed by atoms with Crippen LogP contribution in [0.25, 0.3) is 0 Å². The molecule has 0 saturated carbocycles. The van der Waals surface area contributed by atoms with Crippen molar-refractivity contribution in [3.8, 4) is 0 Å². The van der Waals surface area contributed by atoms with Gasteiger partial charge in [0.1, 0.15) is 8.42 Å². The van der Waals surface area contributed by atoms with Gasteiger partial charge in [-0.2, -0.15) is 0 Å². The molecule has 0 aliphatic heterocycles. The van der Waals surface area contributed by atoms with Gasteiger partial charge < -0.3 is 0 Å². The molecule has 0 aliphatic rings. The van der Waals surface area contributed by atoms with Crippen molar-refractivity contribution in [1.82, 2.24) is 0 Å². The van der Waals surface area contributed by atoms with Crippen LogP contribution in [0.5, 0.6) is 0 Å². The van der Waals surface area contributed by atoms with Crippen LogP contribution in [-0.4, -0.2) is 11.6 Å². The Morgan fingerprint density at radius 2 is 1.30 bits per heavy atom. The van der Waals surface area contributed by atoms with Crippen LogP contribution >= 0.6 is 46.8 Å². The zero-order chi connectivity index (χ0) is 17.0. The Morgan fingerprint density at radius 3 is 1.65 bits per heavy atom. The molecule has 0 aromatic carbocycles. The minimum Gasteiger partial charge on any atom is -0.289 e. The number of carbonyl (C=O) groups excluding carboxylic acids is 2. The predicted molar refractivity (Wildman–Crippen MR) is 99.7 cm³/mol. The van der Waals surface area contributed by atoms with Crippen molar-refractivity contribution in [2.45, 2.75) is 22.3 Å². The molecule has 0 spiro atoms. The molecule has 0 saturated heterocycles. The molecule has 0 atom stereocenters. The molecule has 2 aromatic heterocycles. The third-order valence-corrected chi connectivity index (χ3v) is 6.43. The second-order valence-electron chi connectivity index (χ2n) is 4.70. The van der Waals surface area contributed by atoms with Crippen LogP contribution < -0.4 is 0 Å². The molecular weight excluding hydrogens is 368 g/mol. The van der Waals surface area contributed by atoms with Crippen molar-refractivity contribution >= 4 is 58.3 Å². The van der Waals surface area contributed by atoms with E-state index >= 15 is 0 Å². The van der Waals surface area contributed by atoms with Gasteiger partial charge in [0.05, 0.1) is 24.1 Å². The van der Waals surface area contributed by atoms with E-state index in [2.05, 4.69) is 13.2 Å². The van der Waals surface area contributed by atoms with Gasteiger partial charge in [0.15, 0.2) is 11.6 Å². The highest BCUT2D eigenvalue weighted by Crippen LogP contribution is 2.39. The van der Waals surface area contributed by atoms with Gasteiger partial charge in [-0.25, -0.2) is 3.63 Å². The normalized spacial score (nSPS) is 10.5. The lowest BCUT2D eigenvalue weighted by Crippen LogP contribution is -1.99. The fourth-order valence-electron chi connectivity index (χ4n) is 1.60. The van der Waals surface area contributed by atoms with E-state index in [1.807, 2.05) is 10.8 Å². The van der Waals surface area contributed by atoms with Crippen molar-refractivity contribution in [2.75, 3.05) is 0 Å². The lowest BCUT2D eigenvalue weighted by molar-refractivity contribution is 0.102. The largest absolute Gasteiger partial charge is 0.289 e. The van der Waals surface area contributed by atoms with Crippen LogP contribution in [0.15, 0.2) is 55.6 Å². The van der Waals surface area contributed by atoms with Crippen molar-refractivity contribution in [1.29, 1.82) is 0 Å². The molecule has 0 unspecified atom stereocenters. The molecule has 2 heterocycles. The first-order chi connectivity index (χ1) is 10.9. The van der Waals surface area contributed by atoms with E-state index in [-0.39, 0.29) is 11.6 Å². The van der Waals surface area contributed by atoms with E-state index in [0.717, 1.165) is 32.5 Å². The summed E-state index contributed by atoms with van der Waals surface area (Å²) in [6, 6.07) is 3.53. The van der Waals surface area contributed by atoms with Gasteiger partial charge in [-0.15, -0.1) is 22.7 Å². The first-order valence-electron chi connectivity index (χ1n) is 6.48. The van der Waals surface area contributed by atoms with E-state index in [1.165, 1.54) is 22.7 Å². The van der Waals surface area contributed by atoms with Crippen LogP contribution in [0.3, 0.4) is 0 Å². The Bertz CT molecular complexity index is 706. The molecule has 23 heavy (non-hydrogen) atoms. The van der Waals surface area contributed by atoms with E-state index in [0.29, 0.717) is 22.3 Å². The molecule has 7 heteroatoms. The van der Waals surface area contributed by atoms with Crippen LogP contribution in [0.2, 0.25) is 0 Å². The predicted octanol–water partition coefficient (Wildman–Crippen LogP) is 6.06. The van der Waals surface area contributed by atoms with Crippen LogP contribution in [-0.2, 0) is 3.63 Å². The van der Waals surface area contributed by atoms with Crippen molar-refractivity contribution < 1.29 is 13.2 Å². The summed E-state index contributed by atoms with van der Waals surface area (Å²) in [5, 5.41) is 3.68. The Kier molecular flexibility index (Phi) is 6.43. The van der Waals surface area contributed by atoms with Crippen molar-refractivity contribution in [3.05, 3.63) is 58.3 Å². The number of allylic oxidation sites excluding steroid dienone is 2. The summed E-state index contributed by atoms with van der Waals surface area (Å²) in [5.41, 5.74) is 2.17. The molecule has 120 valence electrons. The molecule has 0 radical (unpaired) electrons. The monoisotopic (exact) mass is 382 g/mol. The Balaban J connectivity index is 2.02. The fourth-order valence-corrected chi connectivity index (χ4v) is 5.11. The maximum absolute atomic E-state index is 12.0. The van der Waals surface area contributed by atoms with Crippen LogP contribution in [0.4, 0.5) is 0 Å². The van der Waals surface area contributed by atoms with E-state index in [4.69, 9.17) is 3.63 Å². The van der Waals surface area contributed by atoms with Crippen LogP contribution in [0, 0.1) is 0 Å². The summed E-state index contributed by atoms with van der Waals surface area (Å²) in [7, 11) is 0. The summed E-state index contributed by atoms with van der Waals surface area (Å²) < 4.78 is 7.10. The first kappa shape index (κ1) is 18.2. The molecule has 0 fully saturated rings. The van der Waals surface area contributed by atoms with Gasteiger partial charge in [0, 0.05) is 11.1 Å². The highest BCUT2D eigenvalue weighted by atomic mass is 32.3. The fraction of sp³-hybridized carbons (Fsp3) is 0.125. The van der Waals surface area contributed by atoms with Gasteiger partial charge in [0.25, 0.3) is 0 Å².